The molecule has 1 amide bonds. The zero-order valence-corrected chi connectivity index (χ0v) is 10.8. The number of aryl methyl sites for hydroxylation is 1. The molecule has 0 atom stereocenters. The van der Waals surface area contributed by atoms with Gasteiger partial charge in [-0.3, -0.25) is 4.79 Å². The molecule has 1 aromatic rings. The maximum atomic E-state index is 11.6. The fourth-order valence-corrected chi connectivity index (χ4v) is 1.40. The van der Waals surface area contributed by atoms with Crippen LogP contribution in [0.5, 0.6) is 0 Å². The van der Waals surface area contributed by atoms with Gasteiger partial charge in [0.1, 0.15) is 5.82 Å². The number of pyridine rings is 1. The molecule has 1 heterocycles. The molecule has 0 saturated carbocycles. The zero-order chi connectivity index (χ0) is 13.1. The van der Waals surface area contributed by atoms with Crippen molar-refractivity contribution in [3.63, 3.8) is 0 Å². The van der Waals surface area contributed by atoms with E-state index >= 15 is 0 Å². The molecule has 0 bridgehead atoms. The number of aromatic nitrogens is 1. The summed E-state index contributed by atoms with van der Waals surface area (Å²) in [5.74, 6) is 0.728. The zero-order valence-electron chi connectivity index (χ0n) is 10.8. The van der Waals surface area contributed by atoms with Crippen LogP contribution in [0.25, 0.3) is 0 Å². The summed E-state index contributed by atoms with van der Waals surface area (Å²) in [6.07, 6.45) is 0. The molecule has 5 heteroatoms. The van der Waals surface area contributed by atoms with Crippen LogP contribution in [0.15, 0.2) is 12.1 Å². The molecular weight excluding hydrogens is 216 g/mol. The quantitative estimate of drug-likeness (QED) is 0.732. The van der Waals surface area contributed by atoms with E-state index in [1.165, 1.54) is 0 Å². The van der Waals surface area contributed by atoms with E-state index in [0.29, 0.717) is 12.2 Å². The number of nitrogens with two attached hydrogens (primary N) is 1. The molecule has 0 fully saturated rings. The molecule has 0 aliphatic heterocycles. The molecular formula is C12H20N4O. The molecule has 0 unspecified atom stereocenters. The van der Waals surface area contributed by atoms with Gasteiger partial charge in [-0.25, -0.2) is 4.98 Å². The number of rotatable bonds is 4. The average molecular weight is 236 g/mol. The predicted molar refractivity (Wildman–Crippen MR) is 69.7 cm³/mol. The van der Waals surface area contributed by atoms with Crippen LogP contribution in [0.1, 0.15) is 19.5 Å². The Morgan fingerprint density at radius 2 is 2.12 bits per heavy atom. The van der Waals surface area contributed by atoms with Gasteiger partial charge in [0.15, 0.2) is 0 Å². The normalized spacial score (nSPS) is 11.1. The van der Waals surface area contributed by atoms with Crippen molar-refractivity contribution < 1.29 is 4.79 Å². The smallest absolute Gasteiger partial charge is 0.227 e. The predicted octanol–water partition coefficient (Wildman–Crippen LogP) is 1.16. The molecule has 0 aromatic carbocycles. The maximum Gasteiger partial charge on any atom is 0.227 e. The number of carbonyl (C=O) groups excluding carboxylic acids is 1. The number of nitrogen functional groups attached to an aromatic ring is 1. The third-order valence-corrected chi connectivity index (χ3v) is 2.68. The van der Waals surface area contributed by atoms with Crippen molar-refractivity contribution in [1.82, 2.24) is 10.3 Å². The number of hydrogen-bond acceptors (Lipinski definition) is 4. The SMILES string of the molecule is CNC(=O)C(C)(C)CNc1ccc(N)c(C)n1. The summed E-state index contributed by atoms with van der Waals surface area (Å²) in [5, 5.41) is 5.78. The van der Waals surface area contributed by atoms with Gasteiger partial charge >= 0.3 is 0 Å². The highest BCUT2D eigenvalue weighted by molar-refractivity contribution is 5.82. The largest absolute Gasteiger partial charge is 0.397 e. The van der Waals surface area contributed by atoms with Crippen LogP contribution in [0.2, 0.25) is 0 Å². The van der Waals surface area contributed by atoms with Gasteiger partial charge in [-0.05, 0) is 32.9 Å². The Labute approximate surface area is 102 Å². The first-order valence-corrected chi connectivity index (χ1v) is 5.56. The van der Waals surface area contributed by atoms with E-state index in [1.54, 1.807) is 13.1 Å². The van der Waals surface area contributed by atoms with Gasteiger partial charge in [0.25, 0.3) is 0 Å². The van der Waals surface area contributed by atoms with Crippen molar-refractivity contribution in [3.05, 3.63) is 17.8 Å². The second-order valence-electron chi connectivity index (χ2n) is 4.69. The first kappa shape index (κ1) is 13.3. The number of nitrogens with one attached hydrogen (secondary N) is 2. The number of amides is 1. The van der Waals surface area contributed by atoms with E-state index in [-0.39, 0.29) is 5.91 Å². The monoisotopic (exact) mass is 236 g/mol. The summed E-state index contributed by atoms with van der Waals surface area (Å²) in [6, 6.07) is 3.61. The summed E-state index contributed by atoms with van der Waals surface area (Å²) in [6.45, 7) is 6.12. The minimum Gasteiger partial charge on any atom is -0.397 e. The van der Waals surface area contributed by atoms with Gasteiger partial charge in [-0.2, -0.15) is 0 Å². The molecule has 0 aliphatic rings. The highest BCUT2D eigenvalue weighted by atomic mass is 16.2. The molecule has 0 radical (unpaired) electrons. The molecule has 1 aromatic heterocycles. The van der Waals surface area contributed by atoms with E-state index in [0.717, 1.165) is 11.5 Å². The van der Waals surface area contributed by atoms with Gasteiger partial charge in [-0.1, -0.05) is 0 Å². The Morgan fingerprint density at radius 3 is 2.65 bits per heavy atom. The number of carbonyl (C=O) groups is 1. The standard InChI is InChI=1S/C12H20N4O/c1-8-9(13)5-6-10(16-8)15-7-12(2,3)11(17)14-4/h5-6H,7,13H2,1-4H3,(H,14,17)(H,15,16). The molecule has 5 nitrogen and oxygen atoms in total. The highest BCUT2D eigenvalue weighted by Crippen LogP contribution is 2.17. The molecule has 0 aliphatic carbocycles. The molecule has 94 valence electrons. The van der Waals surface area contributed by atoms with E-state index < -0.39 is 5.41 Å². The average Bonchev–Trinajstić information content (AvgIpc) is 2.29. The van der Waals surface area contributed by atoms with E-state index in [1.807, 2.05) is 26.8 Å². The van der Waals surface area contributed by atoms with Crippen LogP contribution in [-0.2, 0) is 4.79 Å². The van der Waals surface area contributed by atoms with Crippen LogP contribution in [0.3, 0.4) is 0 Å². The Kier molecular flexibility index (Phi) is 3.93. The summed E-state index contributed by atoms with van der Waals surface area (Å²) in [7, 11) is 1.63. The molecule has 17 heavy (non-hydrogen) atoms. The summed E-state index contributed by atoms with van der Waals surface area (Å²) in [5.41, 5.74) is 6.66. The second-order valence-corrected chi connectivity index (χ2v) is 4.69. The Hall–Kier alpha value is -1.78. The number of nitrogens with zero attached hydrogens (tertiary/aromatic N) is 1. The number of anilines is 2. The van der Waals surface area contributed by atoms with E-state index in [9.17, 15) is 4.79 Å². The minimum atomic E-state index is -0.480. The first-order chi connectivity index (χ1) is 7.86. The van der Waals surface area contributed by atoms with Crippen LogP contribution < -0.4 is 16.4 Å². The van der Waals surface area contributed by atoms with Gasteiger partial charge in [0.05, 0.1) is 16.8 Å². The van der Waals surface area contributed by atoms with Crippen LogP contribution in [-0.4, -0.2) is 24.5 Å². The lowest BCUT2D eigenvalue weighted by molar-refractivity contribution is -0.128. The van der Waals surface area contributed by atoms with Crippen LogP contribution >= 0.6 is 0 Å². The lowest BCUT2D eigenvalue weighted by atomic mass is 9.92. The Morgan fingerprint density at radius 1 is 1.47 bits per heavy atom. The minimum absolute atomic E-state index is 0.00262. The summed E-state index contributed by atoms with van der Waals surface area (Å²) < 4.78 is 0. The lowest BCUT2D eigenvalue weighted by Crippen LogP contribution is -2.39. The van der Waals surface area contributed by atoms with Crippen LogP contribution in [0, 0.1) is 12.3 Å². The van der Waals surface area contributed by atoms with E-state index in [2.05, 4.69) is 15.6 Å². The molecule has 1 rings (SSSR count). The fraction of sp³-hybridized carbons (Fsp3) is 0.500. The molecule has 4 N–H and O–H groups in total. The number of hydrogen-bond donors (Lipinski definition) is 3. The van der Waals surface area contributed by atoms with Crippen molar-refractivity contribution in [2.24, 2.45) is 5.41 Å². The van der Waals surface area contributed by atoms with Crippen molar-refractivity contribution in [1.29, 1.82) is 0 Å². The first-order valence-electron chi connectivity index (χ1n) is 5.56. The van der Waals surface area contributed by atoms with Crippen molar-refractivity contribution in [3.8, 4) is 0 Å². The van der Waals surface area contributed by atoms with Gasteiger partial charge < -0.3 is 16.4 Å². The van der Waals surface area contributed by atoms with Crippen molar-refractivity contribution in [2.45, 2.75) is 20.8 Å². The van der Waals surface area contributed by atoms with Crippen LogP contribution in [0.4, 0.5) is 11.5 Å². The summed E-state index contributed by atoms with van der Waals surface area (Å²) >= 11 is 0. The van der Waals surface area contributed by atoms with E-state index in [4.69, 9.17) is 5.73 Å². The van der Waals surface area contributed by atoms with Gasteiger partial charge in [0.2, 0.25) is 5.91 Å². The third-order valence-electron chi connectivity index (χ3n) is 2.68. The molecule has 0 spiro atoms. The third kappa shape index (κ3) is 3.34. The van der Waals surface area contributed by atoms with Crippen molar-refractivity contribution >= 4 is 17.4 Å². The fourth-order valence-electron chi connectivity index (χ4n) is 1.40. The Balaban J connectivity index is 2.67. The summed E-state index contributed by atoms with van der Waals surface area (Å²) in [4.78, 5) is 15.9. The second kappa shape index (κ2) is 5.03. The molecule has 0 saturated heterocycles. The maximum absolute atomic E-state index is 11.6. The lowest BCUT2D eigenvalue weighted by Gasteiger charge is -2.23. The van der Waals surface area contributed by atoms with Gasteiger partial charge in [0, 0.05) is 13.6 Å². The topological polar surface area (TPSA) is 80.0 Å². The van der Waals surface area contributed by atoms with Gasteiger partial charge in [-0.15, -0.1) is 0 Å². The Bertz CT molecular complexity index is 415. The van der Waals surface area contributed by atoms with Crippen molar-refractivity contribution in [2.75, 3.05) is 24.6 Å². The highest BCUT2D eigenvalue weighted by Gasteiger charge is 2.26.